The van der Waals surface area contributed by atoms with E-state index in [1.165, 1.54) is 5.69 Å². The second-order valence-corrected chi connectivity index (χ2v) is 10.3. The van der Waals surface area contributed by atoms with Crippen LogP contribution >= 0.6 is 0 Å². The number of nitrogens with two attached hydrogens (primary N) is 1. The van der Waals surface area contributed by atoms with Crippen molar-refractivity contribution in [1.29, 1.82) is 0 Å². The van der Waals surface area contributed by atoms with Gasteiger partial charge in [-0.1, -0.05) is 0 Å². The van der Waals surface area contributed by atoms with Crippen molar-refractivity contribution in [2.75, 3.05) is 55.4 Å². The molecule has 0 unspecified atom stereocenters. The average Bonchev–Trinajstić information content (AvgIpc) is 3.48. The molecule has 0 radical (unpaired) electrons. The largest absolute Gasteiger partial charge is 0.383 e. The number of rotatable bonds is 5. The highest BCUT2D eigenvalue weighted by Gasteiger charge is 2.32. The summed E-state index contributed by atoms with van der Waals surface area (Å²) in [7, 11) is -1.41. The Balaban J connectivity index is 1.44. The minimum absolute atomic E-state index is 0.0602. The predicted octanol–water partition coefficient (Wildman–Crippen LogP) is 1.64. The molecule has 0 bridgehead atoms. The highest BCUT2D eigenvalue weighted by molar-refractivity contribution is 7.90. The number of sulfone groups is 1. The highest BCUT2D eigenvalue weighted by Crippen LogP contribution is 2.39. The number of likely N-dealkylation sites (N-methyl/N-ethyl adjacent to an activating group) is 1. The van der Waals surface area contributed by atoms with E-state index in [4.69, 9.17) is 5.73 Å². The molecule has 164 valence electrons. The standard InChI is InChI=1S/C20H26N8O2S/c1-26-9-11-27(12-10-26)14-5-3-13(4-6-14)22-20-23-17(21)16-18(24-20)28(15-7-8-15)25-19(16)31(2,29)30/h3-6,15H,7-12H2,1-2H3,(H3,21,22,23,24). The topological polar surface area (TPSA) is 122 Å². The average molecular weight is 443 g/mol. The van der Waals surface area contributed by atoms with Crippen LogP contribution < -0.4 is 16.0 Å². The molecular weight excluding hydrogens is 416 g/mol. The van der Waals surface area contributed by atoms with E-state index in [9.17, 15) is 8.42 Å². The number of nitrogens with zero attached hydrogens (tertiary/aromatic N) is 6. The fourth-order valence-electron chi connectivity index (χ4n) is 3.87. The van der Waals surface area contributed by atoms with Crippen LogP contribution in [0.3, 0.4) is 0 Å². The van der Waals surface area contributed by atoms with E-state index in [0.29, 0.717) is 17.0 Å². The van der Waals surface area contributed by atoms with Crippen LogP contribution in [-0.2, 0) is 9.84 Å². The summed E-state index contributed by atoms with van der Waals surface area (Å²) in [4.78, 5) is 13.6. The molecule has 11 heteroatoms. The molecule has 0 spiro atoms. The van der Waals surface area contributed by atoms with Crippen molar-refractivity contribution in [3.05, 3.63) is 24.3 Å². The molecule has 5 rings (SSSR count). The first-order valence-corrected chi connectivity index (χ1v) is 12.2. The highest BCUT2D eigenvalue weighted by atomic mass is 32.2. The Labute approximate surface area is 181 Å². The Kier molecular flexibility index (Phi) is 4.74. The van der Waals surface area contributed by atoms with Gasteiger partial charge in [0.25, 0.3) is 0 Å². The first kappa shape index (κ1) is 20.0. The summed E-state index contributed by atoms with van der Waals surface area (Å²) in [6.45, 7) is 4.12. The van der Waals surface area contributed by atoms with Gasteiger partial charge in [-0.05, 0) is 44.2 Å². The molecule has 3 N–H and O–H groups in total. The second-order valence-electron chi connectivity index (χ2n) is 8.35. The van der Waals surface area contributed by atoms with Gasteiger partial charge in [0.15, 0.2) is 20.5 Å². The molecule has 1 saturated heterocycles. The molecule has 3 heterocycles. The van der Waals surface area contributed by atoms with E-state index < -0.39 is 9.84 Å². The number of nitrogens with one attached hydrogen (secondary N) is 1. The second kappa shape index (κ2) is 7.34. The van der Waals surface area contributed by atoms with Gasteiger partial charge in [0.05, 0.1) is 6.04 Å². The zero-order valence-corrected chi connectivity index (χ0v) is 18.4. The molecule has 1 aromatic carbocycles. The maximum atomic E-state index is 12.2. The summed E-state index contributed by atoms with van der Waals surface area (Å²) >= 11 is 0. The lowest BCUT2D eigenvalue weighted by Crippen LogP contribution is -2.44. The van der Waals surface area contributed by atoms with Crippen LogP contribution in [0.25, 0.3) is 11.0 Å². The molecule has 1 saturated carbocycles. The molecule has 1 aliphatic carbocycles. The summed E-state index contributed by atoms with van der Waals surface area (Å²) < 4.78 is 26.1. The van der Waals surface area contributed by atoms with Crippen molar-refractivity contribution in [1.82, 2.24) is 24.6 Å². The van der Waals surface area contributed by atoms with Crippen molar-refractivity contribution >= 4 is 44.0 Å². The van der Waals surface area contributed by atoms with Crippen LogP contribution in [0.5, 0.6) is 0 Å². The molecule has 1 aliphatic heterocycles. The molecule has 0 atom stereocenters. The van der Waals surface area contributed by atoms with E-state index in [1.807, 2.05) is 12.1 Å². The maximum Gasteiger partial charge on any atom is 0.231 e. The maximum absolute atomic E-state index is 12.2. The molecule has 2 aliphatic rings. The zero-order valence-electron chi connectivity index (χ0n) is 17.6. The molecular formula is C20H26N8O2S. The number of hydrogen-bond donors (Lipinski definition) is 2. The number of nitrogen functional groups attached to an aromatic ring is 1. The summed E-state index contributed by atoms with van der Waals surface area (Å²) in [5.74, 6) is 0.424. The molecule has 31 heavy (non-hydrogen) atoms. The van der Waals surface area contributed by atoms with Gasteiger partial charge < -0.3 is 20.9 Å². The van der Waals surface area contributed by atoms with E-state index in [-0.39, 0.29) is 16.9 Å². The Hall–Kier alpha value is -2.92. The van der Waals surface area contributed by atoms with Gasteiger partial charge in [-0.2, -0.15) is 15.1 Å². The smallest absolute Gasteiger partial charge is 0.231 e. The molecule has 2 aromatic heterocycles. The van der Waals surface area contributed by atoms with Crippen molar-refractivity contribution < 1.29 is 8.42 Å². The van der Waals surface area contributed by atoms with E-state index in [0.717, 1.165) is 51.0 Å². The Morgan fingerprint density at radius 1 is 1.06 bits per heavy atom. The minimum atomic E-state index is -3.55. The zero-order chi connectivity index (χ0) is 21.8. The number of aromatic nitrogens is 4. The summed E-state index contributed by atoms with van der Waals surface area (Å²) in [6.07, 6.45) is 3.01. The Morgan fingerprint density at radius 2 is 1.74 bits per heavy atom. The van der Waals surface area contributed by atoms with Crippen LogP contribution in [0.2, 0.25) is 0 Å². The van der Waals surface area contributed by atoms with Crippen LogP contribution in [0.4, 0.5) is 23.1 Å². The van der Waals surface area contributed by atoms with Crippen molar-refractivity contribution in [3.8, 4) is 0 Å². The SMILES string of the molecule is CN1CCN(c2ccc(Nc3nc(N)c4c(S(C)(=O)=O)nn(C5CC5)c4n3)cc2)CC1. The number of piperazine rings is 1. The monoisotopic (exact) mass is 442 g/mol. The lowest BCUT2D eigenvalue weighted by Gasteiger charge is -2.34. The first-order valence-electron chi connectivity index (χ1n) is 10.4. The Bertz CT molecular complexity index is 1230. The number of benzene rings is 1. The number of fused-ring (bicyclic) bond motifs is 1. The van der Waals surface area contributed by atoms with Crippen molar-refractivity contribution in [3.63, 3.8) is 0 Å². The van der Waals surface area contributed by atoms with E-state index in [1.54, 1.807) is 4.68 Å². The molecule has 0 amide bonds. The molecule has 3 aromatic rings. The quantitative estimate of drug-likeness (QED) is 0.607. The predicted molar refractivity (Wildman–Crippen MR) is 121 cm³/mol. The third-order valence-electron chi connectivity index (χ3n) is 5.78. The Morgan fingerprint density at radius 3 is 2.35 bits per heavy atom. The molecule has 2 fully saturated rings. The van der Waals surface area contributed by atoms with Gasteiger partial charge in [-0.3, -0.25) is 0 Å². The number of anilines is 4. The minimum Gasteiger partial charge on any atom is -0.383 e. The summed E-state index contributed by atoms with van der Waals surface area (Å²) in [5, 5.41) is 7.74. The lowest BCUT2D eigenvalue weighted by molar-refractivity contribution is 0.313. The summed E-state index contributed by atoms with van der Waals surface area (Å²) in [6, 6.07) is 8.27. The normalized spacial score (nSPS) is 17.9. The van der Waals surface area contributed by atoms with Gasteiger partial charge in [0, 0.05) is 43.8 Å². The van der Waals surface area contributed by atoms with Crippen LogP contribution in [0, 0.1) is 0 Å². The third-order valence-corrected chi connectivity index (χ3v) is 6.77. The lowest BCUT2D eigenvalue weighted by atomic mass is 10.2. The fourth-order valence-corrected chi connectivity index (χ4v) is 4.67. The number of hydrogen-bond acceptors (Lipinski definition) is 9. The van der Waals surface area contributed by atoms with Gasteiger partial charge in [-0.15, -0.1) is 0 Å². The molecule has 10 nitrogen and oxygen atoms in total. The fraction of sp³-hybridized carbons (Fsp3) is 0.450. The van der Waals surface area contributed by atoms with Crippen LogP contribution in [0.1, 0.15) is 18.9 Å². The van der Waals surface area contributed by atoms with Crippen LogP contribution in [-0.4, -0.2) is 72.5 Å². The third kappa shape index (κ3) is 3.90. The van der Waals surface area contributed by atoms with Gasteiger partial charge >= 0.3 is 0 Å². The van der Waals surface area contributed by atoms with E-state index in [2.05, 4.69) is 49.4 Å². The van der Waals surface area contributed by atoms with Gasteiger partial charge in [-0.25, -0.2) is 13.1 Å². The van der Waals surface area contributed by atoms with Gasteiger partial charge in [0.1, 0.15) is 11.2 Å². The van der Waals surface area contributed by atoms with Crippen LogP contribution in [0.15, 0.2) is 29.3 Å². The van der Waals surface area contributed by atoms with Crippen molar-refractivity contribution in [2.45, 2.75) is 23.9 Å². The van der Waals surface area contributed by atoms with Crippen molar-refractivity contribution in [2.24, 2.45) is 0 Å². The van der Waals surface area contributed by atoms with Gasteiger partial charge in [0.2, 0.25) is 5.95 Å². The summed E-state index contributed by atoms with van der Waals surface area (Å²) in [5.41, 5.74) is 8.62. The first-order chi connectivity index (χ1) is 14.8. The van der Waals surface area contributed by atoms with E-state index >= 15 is 0 Å².